The van der Waals surface area contributed by atoms with E-state index in [1.807, 2.05) is 11.8 Å². The number of hydrogen-bond donors (Lipinski definition) is 1. The van der Waals surface area contributed by atoms with Crippen LogP contribution >= 0.6 is 11.8 Å². The van der Waals surface area contributed by atoms with E-state index in [0.717, 1.165) is 40.2 Å². The van der Waals surface area contributed by atoms with E-state index in [0.29, 0.717) is 18.6 Å². The summed E-state index contributed by atoms with van der Waals surface area (Å²) in [7, 11) is 0. The first kappa shape index (κ1) is 21.0. The predicted octanol–water partition coefficient (Wildman–Crippen LogP) is 6.47. The highest BCUT2D eigenvalue weighted by Gasteiger charge is 2.26. The molecule has 152 valence electrons. The van der Waals surface area contributed by atoms with Crippen LogP contribution in [-0.4, -0.2) is 27.4 Å². The van der Waals surface area contributed by atoms with Crippen molar-refractivity contribution in [2.75, 3.05) is 11.9 Å². The first-order valence-corrected chi connectivity index (χ1v) is 11.1. The summed E-state index contributed by atoms with van der Waals surface area (Å²) >= 11 is 1.83. The zero-order chi connectivity index (χ0) is 20.5. The van der Waals surface area contributed by atoms with Crippen LogP contribution in [0.1, 0.15) is 61.3 Å². The Bertz CT molecular complexity index is 885. The second kappa shape index (κ2) is 8.32. The van der Waals surface area contributed by atoms with Gasteiger partial charge in [-0.2, -0.15) is 0 Å². The molecule has 0 saturated heterocycles. The average molecular weight is 400 g/mol. The topological polar surface area (TPSA) is 47.0 Å². The minimum atomic E-state index is 0.0958. The van der Waals surface area contributed by atoms with Crippen LogP contribution in [0.4, 0.5) is 5.82 Å². The van der Waals surface area contributed by atoms with Gasteiger partial charge in [0.15, 0.2) is 0 Å². The molecule has 5 heteroatoms. The first-order chi connectivity index (χ1) is 13.2. The molecule has 0 aliphatic heterocycles. The van der Waals surface area contributed by atoms with Crippen LogP contribution in [0.15, 0.2) is 34.5 Å². The molecule has 0 saturated carbocycles. The Balaban J connectivity index is 2.01. The smallest absolute Gasteiger partial charge is 0.137 e. The molecule has 28 heavy (non-hydrogen) atoms. The maximum atomic E-state index is 6.05. The normalized spacial score (nSPS) is 20.1. The van der Waals surface area contributed by atoms with Gasteiger partial charge < -0.3 is 10.1 Å². The van der Waals surface area contributed by atoms with E-state index >= 15 is 0 Å². The molecule has 0 radical (unpaired) electrons. The number of rotatable bonds is 6. The maximum absolute atomic E-state index is 6.05. The Morgan fingerprint density at radius 3 is 2.54 bits per heavy atom. The average Bonchev–Trinajstić information content (AvgIpc) is 2.86. The van der Waals surface area contributed by atoms with Crippen molar-refractivity contribution >= 4 is 28.5 Å². The van der Waals surface area contributed by atoms with Crippen LogP contribution in [-0.2, 0) is 0 Å². The van der Waals surface area contributed by atoms with E-state index in [2.05, 4.69) is 75.9 Å². The molecular formula is C23H33N3OS. The molecule has 2 aromatic rings. The highest BCUT2D eigenvalue weighted by molar-refractivity contribution is 8.00. The molecule has 0 bridgehead atoms. The molecule has 1 N–H and O–H groups in total. The number of thioether (sulfide) groups is 1. The summed E-state index contributed by atoms with van der Waals surface area (Å²) in [4.78, 5) is 10.3. The molecule has 0 amide bonds. The highest BCUT2D eigenvalue weighted by atomic mass is 32.2. The Morgan fingerprint density at radius 1 is 1.18 bits per heavy atom. The lowest BCUT2D eigenvalue weighted by Crippen LogP contribution is -2.19. The lowest BCUT2D eigenvalue weighted by Gasteiger charge is -2.22. The lowest BCUT2D eigenvalue weighted by atomic mass is 10.1. The van der Waals surface area contributed by atoms with Gasteiger partial charge in [-0.3, -0.25) is 0 Å². The van der Waals surface area contributed by atoms with Crippen LogP contribution in [0.25, 0.3) is 10.9 Å². The van der Waals surface area contributed by atoms with E-state index in [1.54, 1.807) is 6.33 Å². The second-order valence-corrected chi connectivity index (χ2v) is 10.7. The molecule has 1 heterocycles. The van der Waals surface area contributed by atoms with Crippen LogP contribution in [0.3, 0.4) is 0 Å². The lowest BCUT2D eigenvalue weighted by molar-refractivity contribution is 0.310. The van der Waals surface area contributed by atoms with Gasteiger partial charge in [0.25, 0.3) is 0 Å². The molecule has 1 aromatic carbocycles. The number of benzene rings is 1. The molecular weight excluding hydrogens is 366 g/mol. The van der Waals surface area contributed by atoms with Crippen molar-refractivity contribution in [3.05, 3.63) is 29.6 Å². The van der Waals surface area contributed by atoms with E-state index < -0.39 is 0 Å². The molecule has 3 rings (SSSR count). The fourth-order valence-corrected chi connectivity index (χ4v) is 4.67. The van der Waals surface area contributed by atoms with Crippen molar-refractivity contribution < 1.29 is 4.74 Å². The van der Waals surface area contributed by atoms with E-state index in [1.165, 1.54) is 11.1 Å². The minimum absolute atomic E-state index is 0.0958. The fourth-order valence-electron chi connectivity index (χ4n) is 3.62. The molecule has 0 spiro atoms. The number of anilines is 1. The molecule has 4 nitrogen and oxygen atoms in total. The number of aromatic nitrogens is 2. The first-order valence-electron chi connectivity index (χ1n) is 10.2. The molecule has 2 unspecified atom stereocenters. The summed E-state index contributed by atoms with van der Waals surface area (Å²) in [5.74, 6) is 2.45. The van der Waals surface area contributed by atoms with Gasteiger partial charge in [-0.15, -0.1) is 11.8 Å². The maximum Gasteiger partial charge on any atom is 0.137 e. The standard InChI is InChI=1S/C23H33N3OS/c1-8-9-27-20-12-19-17(11-21(20)28-23(5,6)7)22(25-13-24-19)26-18-10-14(2)15(3)16(18)4/h11-14,18H,8-10H2,1-7H3,(H,24,25,26). The van der Waals surface area contributed by atoms with Gasteiger partial charge in [-0.1, -0.05) is 45.8 Å². The number of allylic oxidation sites excluding steroid dienone is 1. The molecule has 1 aliphatic rings. The zero-order valence-electron chi connectivity index (χ0n) is 18.2. The fraction of sp³-hybridized carbons (Fsp3) is 0.565. The molecule has 2 atom stereocenters. The number of fused-ring (bicyclic) bond motifs is 1. The second-order valence-electron chi connectivity index (χ2n) is 8.80. The van der Waals surface area contributed by atoms with Crippen LogP contribution in [0.5, 0.6) is 5.75 Å². The van der Waals surface area contributed by atoms with E-state index in [-0.39, 0.29) is 4.75 Å². The van der Waals surface area contributed by atoms with Crippen LogP contribution < -0.4 is 10.1 Å². The van der Waals surface area contributed by atoms with Crippen molar-refractivity contribution in [2.45, 2.75) is 77.0 Å². The minimum Gasteiger partial charge on any atom is -0.492 e. The van der Waals surface area contributed by atoms with E-state index in [9.17, 15) is 0 Å². The zero-order valence-corrected chi connectivity index (χ0v) is 19.0. The largest absolute Gasteiger partial charge is 0.492 e. The summed E-state index contributed by atoms with van der Waals surface area (Å²) in [6.45, 7) is 16.3. The monoisotopic (exact) mass is 399 g/mol. The van der Waals surface area contributed by atoms with Crippen molar-refractivity contribution in [1.82, 2.24) is 9.97 Å². The van der Waals surface area contributed by atoms with Gasteiger partial charge in [0.1, 0.15) is 17.9 Å². The third-order valence-electron chi connectivity index (χ3n) is 5.36. The van der Waals surface area contributed by atoms with Crippen molar-refractivity contribution in [3.63, 3.8) is 0 Å². The van der Waals surface area contributed by atoms with Gasteiger partial charge in [-0.25, -0.2) is 9.97 Å². The quantitative estimate of drug-likeness (QED) is 0.446. The van der Waals surface area contributed by atoms with E-state index in [4.69, 9.17) is 4.74 Å². The van der Waals surface area contributed by atoms with Gasteiger partial charge in [0.2, 0.25) is 0 Å². The van der Waals surface area contributed by atoms with Crippen molar-refractivity contribution in [3.8, 4) is 5.75 Å². The highest BCUT2D eigenvalue weighted by Crippen LogP contribution is 2.41. The number of hydrogen-bond acceptors (Lipinski definition) is 5. The summed E-state index contributed by atoms with van der Waals surface area (Å²) in [6.07, 6.45) is 3.75. The SMILES string of the molecule is CCCOc1cc2ncnc(NC3CC(C)C(C)=C3C)c2cc1SC(C)(C)C. The molecule has 0 fully saturated rings. The number of ether oxygens (including phenoxy) is 1. The van der Waals surface area contributed by atoms with Crippen LogP contribution in [0.2, 0.25) is 0 Å². The Hall–Kier alpha value is -1.75. The molecule has 1 aromatic heterocycles. The van der Waals surface area contributed by atoms with Crippen molar-refractivity contribution in [1.29, 1.82) is 0 Å². The molecule has 1 aliphatic carbocycles. The summed E-state index contributed by atoms with van der Waals surface area (Å²) in [5.41, 5.74) is 3.85. The Labute approximate surface area is 173 Å². The summed E-state index contributed by atoms with van der Waals surface area (Å²) < 4.78 is 6.15. The number of nitrogens with one attached hydrogen (secondary N) is 1. The van der Waals surface area contributed by atoms with Gasteiger partial charge in [-0.05, 0) is 38.7 Å². The predicted molar refractivity (Wildman–Crippen MR) is 120 cm³/mol. The summed E-state index contributed by atoms with van der Waals surface area (Å²) in [5, 5.41) is 4.75. The Morgan fingerprint density at radius 2 is 1.93 bits per heavy atom. The van der Waals surface area contributed by atoms with Gasteiger partial charge in [0.05, 0.1) is 17.0 Å². The number of nitrogens with zero attached hydrogens (tertiary/aromatic N) is 2. The van der Waals surface area contributed by atoms with Gasteiger partial charge >= 0.3 is 0 Å². The third-order valence-corrected chi connectivity index (χ3v) is 6.51. The van der Waals surface area contributed by atoms with Crippen molar-refractivity contribution in [2.24, 2.45) is 5.92 Å². The van der Waals surface area contributed by atoms with Gasteiger partial charge in [0, 0.05) is 22.2 Å². The Kier molecular flexibility index (Phi) is 6.23. The third kappa shape index (κ3) is 4.62. The summed E-state index contributed by atoms with van der Waals surface area (Å²) in [6, 6.07) is 4.60. The van der Waals surface area contributed by atoms with Crippen LogP contribution in [0, 0.1) is 5.92 Å².